The molecular weight excluding hydrogens is 456 g/mol. The molecule has 0 radical (unpaired) electrons. The lowest BCUT2D eigenvalue weighted by Crippen LogP contribution is -2.50. The zero-order valence-corrected chi connectivity index (χ0v) is 18.9. The lowest BCUT2D eigenvalue weighted by Gasteiger charge is -2.50. The van der Waals surface area contributed by atoms with Crippen molar-refractivity contribution in [3.8, 4) is 5.75 Å². The van der Waals surface area contributed by atoms with Crippen LogP contribution in [0.2, 0.25) is 0 Å². The largest absolute Gasteiger partial charge is 0.494 e. The molecule has 1 fully saturated rings. The number of amides is 2. The van der Waals surface area contributed by atoms with Gasteiger partial charge in [-0.3, -0.25) is 19.7 Å². The molecule has 1 saturated heterocycles. The third kappa shape index (κ3) is 2.47. The van der Waals surface area contributed by atoms with Crippen molar-refractivity contribution in [2.45, 2.75) is 17.7 Å². The molecule has 4 aliphatic rings. The van der Waals surface area contributed by atoms with Crippen molar-refractivity contribution >= 4 is 34.8 Å². The third-order valence-electron chi connectivity index (χ3n) is 7.21. The summed E-state index contributed by atoms with van der Waals surface area (Å²) in [4.78, 5) is 38.8. The van der Waals surface area contributed by atoms with Crippen molar-refractivity contribution in [3.63, 3.8) is 0 Å². The minimum absolute atomic E-state index is 0.0642. The summed E-state index contributed by atoms with van der Waals surface area (Å²) in [6.45, 7) is 2.10. The highest BCUT2D eigenvalue weighted by molar-refractivity contribution is 6.33. The van der Waals surface area contributed by atoms with Gasteiger partial charge in [0.15, 0.2) is 0 Å². The Kier molecular flexibility index (Phi) is 4.38. The van der Waals surface area contributed by atoms with E-state index in [1.54, 1.807) is 6.92 Å². The number of benzene rings is 3. The van der Waals surface area contributed by atoms with Crippen molar-refractivity contribution in [1.29, 1.82) is 0 Å². The molecule has 0 spiro atoms. The molecule has 34 heavy (non-hydrogen) atoms. The van der Waals surface area contributed by atoms with Crippen molar-refractivity contribution in [3.05, 3.63) is 99.1 Å². The molecule has 3 aromatic rings. The molecule has 3 aromatic carbocycles. The topological polar surface area (TPSA) is 89.8 Å². The van der Waals surface area contributed by atoms with Crippen molar-refractivity contribution < 1.29 is 19.2 Å². The zero-order valence-electron chi connectivity index (χ0n) is 18.1. The van der Waals surface area contributed by atoms with Crippen LogP contribution < -0.4 is 9.64 Å². The molecule has 2 atom stereocenters. The quantitative estimate of drug-likeness (QED) is 0.236. The van der Waals surface area contributed by atoms with Crippen LogP contribution in [0.15, 0.2) is 66.7 Å². The SMILES string of the molecule is CCOc1ccc(N2C(=O)[C@H]3C4c5ccccc5C(Cl)(c5ccccc54)[C@H]3C2=O)c([N+](=O)[O-])c1. The second-order valence-electron chi connectivity index (χ2n) is 8.72. The smallest absolute Gasteiger partial charge is 0.297 e. The van der Waals surface area contributed by atoms with Gasteiger partial charge in [0.25, 0.3) is 5.69 Å². The van der Waals surface area contributed by atoms with Gasteiger partial charge in [-0.2, -0.15) is 0 Å². The third-order valence-corrected chi connectivity index (χ3v) is 7.85. The Labute approximate surface area is 200 Å². The standard InChI is InChI=1S/C26H19ClN2O5/c1-2-34-14-11-12-19(20(13-14)29(32)33)28-24(30)22-21-15-7-3-5-9-17(15)26(27,23(22)25(28)31)18-10-6-4-8-16(18)21/h3-13,21-23H,2H2,1H3/t21?,22-,23+,26?/m0/s1. The molecule has 0 N–H and O–H groups in total. The van der Waals surface area contributed by atoms with E-state index in [9.17, 15) is 19.7 Å². The number of nitrogens with zero attached hydrogens (tertiary/aromatic N) is 2. The molecule has 0 unspecified atom stereocenters. The van der Waals surface area contributed by atoms with Crippen LogP contribution in [-0.4, -0.2) is 23.3 Å². The first kappa shape index (κ1) is 20.9. The van der Waals surface area contributed by atoms with E-state index in [0.29, 0.717) is 12.4 Å². The van der Waals surface area contributed by atoms with Crippen LogP contribution in [0.5, 0.6) is 5.75 Å². The number of anilines is 1. The Morgan fingerprint density at radius 3 is 2.21 bits per heavy atom. The molecule has 0 saturated carbocycles. The van der Waals surface area contributed by atoms with Crippen molar-refractivity contribution in [2.24, 2.45) is 11.8 Å². The minimum atomic E-state index is -1.24. The number of nitro groups is 1. The summed E-state index contributed by atoms with van der Waals surface area (Å²) < 4.78 is 5.39. The van der Waals surface area contributed by atoms with Gasteiger partial charge in [-0.1, -0.05) is 48.5 Å². The lowest BCUT2D eigenvalue weighted by molar-refractivity contribution is -0.384. The fourth-order valence-corrected chi connectivity index (χ4v) is 6.58. The average Bonchev–Trinajstić information content (AvgIpc) is 3.11. The molecule has 7 rings (SSSR count). The molecule has 7 nitrogen and oxygen atoms in total. The van der Waals surface area contributed by atoms with Crippen LogP contribution in [0, 0.1) is 22.0 Å². The number of imide groups is 1. The van der Waals surface area contributed by atoms with Crippen LogP contribution >= 0.6 is 11.6 Å². The van der Waals surface area contributed by atoms with Gasteiger partial charge in [0.2, 0.25) is 11.8 Å². The Morgan fingerprint density at radius 2 is 1.62 bits per heavy atom. The van der Waals surface area contributed by atoms with E-state index in [-0.39, 0.29) is 17.3 Å². The number of rotatable bonds is 4. The summed E-state index contributed by atoms with van der Waals surface area (Å²) in [7, 11) is 0. The Morgan fingerprint density at radius 1 is 1.00 bits per heavy atom. The normalized spacial score (nSPS) is 26.2. The van der Waals surface area contributed by atoms with E-state index in [0.717, 1.165) is 27.2 Å². The first-order valence-corrected chi connectivity index (χ1v) is 11.4. The summed E-state index contributed by atoms with van der Waals surface area (Å²) in [6.07, 6.45) is 0. The Balaban J connectivity index is 1.56. The number of nitro benzene ring substituents is 1. The van der Waals surface area contributed by atoms with E-state index in [1.165, 1.54) is 18.2 Å². The van der Waals surface area contributed by atoms with Crippen LogP contribution in [0.25, 0.3) is 0 Å². The van der Waals surface area contributed by atoms with Gasteiger partial charge < -0.3 is 4.74 Å². The molecule has 3 aliphatic carbocycles. The van der Waals surface area contributed by atoms with Gasteiger partial charge >= 0.3 is 0 Å². The van der Waals surface area contributed by atoms with Crippen LogP contribution in [0.4, 0.5) is 11.4 Å². The lowest BCUT2D eigenvalue weighted by atomic mass is 9.54. The van der Waals surface area contributed by atoms with Crippen molar-refractivity contribution in [2.75, 3.05) is 11.5 Å². The zero-order chi connectivity index (χ0) is 23.8. The molecule has 1 aliphatic heterocycles. The van der Waals surface area contributed by atoms with Gasteiger partial charge in [0.1, 0.15) is 16.3 Å². The van der Waals surface area contributed by atoms with Gasteiger partial charge in [-0.05, 0) is 41.3 Å². The number of halogens is 1. The maximum atomic E-state index is 13.9. The summed E-state index contributed by atoms with van der Waals surface area (Å²) in [5, 5.41) is 11.9. The highest BCUT2D eigenvalue weighted by Crippen LogP contribution is 2.66. The van der Waals surface area contributed by atoms with E-state index in [2.05, 4.69) is 0 Å². The first-order valence-electron chi connectivity index (χ1n) is 11.1. The number of ether oxygens (including phenoxy) is 1. The predicted molar refractivity (Wildman–Crippen MR) is 125 cm³/mol. The number of hydrogen-bond acceptors (Lipinski definition) is 5. The summed E-state index contributed by atoms with van der Waals surface area (Å²) in [6, 6.07) is 19.4. The fourth-order valence-electron chi connectivity index (χ4n) is 6.01. The van der Waals surface area contributed by atoms with E-state index in [4.69, 9.17) is 16.3 Å². The van der Waals surface area contributed by atoms with E-state index >= 15 is 0 Å². The maximum absolute atomic E-state index is 13.9. The number of carbonyl (C=O) groups is 2. The summed E-state index contributed by atoms with van der Waals surface area (Å²) in [5.74, 6) is -2.68. The maximum Gasteiger partial charge on any atom is 0.297 e. The molecule has 170 valence electrons. The second kappa shape index (κ2) is 7.14. The fraction of sp³-hybridized carbons (Fsp3) is 0.231. The van der Waals surface area contributed by atoms with Crippen LogP contribution in [0.1, 0.15) is 35.1 Å². The molecule has 1 heterocycles. The highest BCUT2D eigenvalue weighted by atomic mass is 35.5. The van der Waals surface area contributed by atoms with Gasteiger partial charge in [0, 0.05) is 5.92 Å². The first-order chi connectivity index (χ1) is 16.4. The van der Waals surface area contributed by atoms with Crippen LogP contribution in [0.3, 0.4) is 0 Å². The molecule has 2 bridgehead atoms. The Hall–Kier alpha value is -3.71. The summed E-state index contributed by atoms with van der Waals surface area (Å²) in [5.41, 5.74) is 3.03. The summed E-state index contributed by atoms with van der Waals surface area (Å²) >= 11 is 7.39. The van der Waals surface area contributed by atoms with Crippen molar-refractivity contribution in [1.82, 2.24) is 0 Å². The average molecular weight is 475 g/mol. The van der Waals surface area contributed by atoms with Gasteiger partial charge in [-0.15, -0.1) is 11.6 Å². The molecule has 8 heteroatoms. The number of hydrogen-bond donors (Lipinski definition) is 0. The van der Waals surface area contributed by atoms with E-state index < -0.39 is 33.4 Å². The van der Waals surface area contributed by atoms with E-state index in [1.807, 2.05) is 48.5 Å². The second-order valence-corrected chi connectivity index (χ2v) is 9.32. The molecule has 0 aromatic heterocycles. The minimum Gasteiger partial charge on any atom is -0.494 e. The number of carbonyl (C=O) groups excluding carboxylic acids is 2. The highest BCUT2D eigenvalue weighted by Gasteiger charge is 2.68. The monoisotopic (exact) mass is 474 g/mol. The Bertz CT molecular complexity index is 1360. The molecular formula is C26H19ClN2O5. The van der Waals surface area contributed by atoms with Crippen LogP contribution in [-0.2, 0) is 14.5 Å². The number of alkyl halides is 1. The van der Waals surface area contributed by atoms with Gasteiger partial charge in [0.05, 0.1) is 29.4 Å². The predicted octanol–water partition coefficient (Wildman–Crippen LogP) is 4.74. The van der Waals surface area contributed by atoms with Gasteiger partial charge in [-0.25, -0.2) is 4.90 Å². The molecule has 2 amide bonds.